The van der Waals surface area contributed by atoms with E-state index in [1.807, 2.05) is 27.7 Å². The van der Waals surface area contributed by atoms with Gasteiger partial charge in [-0.05, 0) is 45.6 Å². The molecule has 0 atom stereocenters. The zero-order valence-electron chi connectivity index (χ0n) is 18.0. The second kappa shape index (κ2) is 8.33. The molecule has 162 valence electrons. The van der Waals surface area contributed by atoms with Crippen molar-refractivity contribution in [2.24, 2.45) is 5.92 Å². The summed E-state index contributed by atoms with van der Waals surface area (Å²) >= 11 is 0. The Labute approximate surface area is 174 Å². The highest BCUT2D eigenvalue weighted by Crippen LogP contribution is 2.25. The molecular weight excluding hydrogens is 386 g/mol. The highest BCUT2D eigenvalue weighted by Gasteiger charge is 2.29. The smallest absolute Gasteiger partial charge is 0.291 e. The lowest BCUT2D eigenvalue weighted by atomic mass is 10.1. The Morgan fingerprint density at radius 2 is 1.97 bits per heavy atom. The lowest BCUT2D eigenvalue weighted by Crippen LogP contribution is -2.34. The molecule has 1 aliphatic carbocycles. The highest BCUT2D eigenvalue weighted by molar-refractivity contribution is 5.99. The molecule has 0 unspecified atom stereocenters. The summed E-state index contributed by atoms with van der Waals surface area (Å²) in [5.41, 5.74) is 0.282. The number of aromatic nitrogens is 3. The number of carbonyl (C=O) groups excluding carboxylic acids is 2. The quantitative estimate of drug-likeness (QED) is 0.595. The van der Waals surface area contributed by atoms with Crippen LogP contribution in [0.25, 0.3) is 11.7 Å². The first-order valence-electron chi connectivity index (χ1n) is 10.2. The first kappa shape index (κ1) is 21.6. The van der Waals surface area contributed by atoms with Gasteiger partial charge < -0.3 is 15.7 Å². The summed E-state index contributed by atoms with van der Waals surface area (Å²) < 4.78 is 2.63. The van der Waals surface area contributed by atoms with Gasteiger partial charge in [-0.2, -0.15) is 9.61 Å². The fraction of sp³-hybridized carbons (Fsp3) is 0.524. The van der Waals surface area contributed by atoms with Gasteiger partial charge in [-0.15, -0.1) is 0 Å². The monoisotopic (exact) mass is 415 g/mol. The SMILES string of the molecule is CC(=Cc1cnn2c(=O)c(C(=O)NC3CC3)c(O)n(CC(C)C)c12)C(=O)NC(C)C. The van der Waals surface area contributed by atoms with Gasteiger partial charge in [0.2, 0.25) is 11.8 Å². The van der Waals surface area contributed by atoms with Gasteiger partial charge in [0.1, 0.15) is 5.65 Å². The molecule has 1 saturated carbocycles. The minimum Gasteiger partial charge on any atom is -0.494 e. The minimum atomic E-state index is -0.690. The van der Waals surface area contributed by atoms with E-state index in [0.717, 1.165) is 17.4 Å². The van der Waals surface area contributed by atoms with Crippen LogP contribution in [0.3, 0.4) is 0 Å². The Kier molecular flexibility index (Phi) is 6.00. The third-order valence-electron chi connectivity index (χ3n) is 4.75. The maximum atomic E-state index is 13.0. The highest BCUT2D eigenvalue weighted by atomic mass is 16.3. The molecule has 2 amide bonds. The molecule has 2 heterocycles. The normalized spacial score (nSPS) is 14.6. The van der Waals surface area contributed by atoms with Gasteiger partial charge in [-0.1, -0.05) is 13.8 Å². The van der Waals surface area contributed by atoms with Crippen LogP contribution in [0.5, 0.6) is 5.88 Å². The average molecular weight is 415 g/mol. The van der Waals surface area contributed by atoms with Crippen molar-refractivity contribution in [2.75, 3.05) is 0 Å². The molecule has 2 aromatic rings. The molecule has 0 spiro atoms. The predicted molar refractivity (Wildman–Crippen MR) is 113 cm³/mol. The number of rotatable bonds is 7. The van der Waals surface area contributed by atoms with Crippen LogP contribution < -0.4 is 16.2 Å². The third-order valence-corrected chi connectivity index (χ3v) is 4.75. The van der Waals surface area contributed by atoms with Gasteiger partial charge in [0.15, 0.2) is 5.56 Å². The van der Waals surface area contributed by atoms with Crippen molar-refractivity contribution in [3.05, 3.63) is 33.3 Å². The van der Waals surface area contributed by atoms with Gasteiger partial charge in [-0.3, -0.25) is 19.0 Å². The van der Waals surface area contributed by atoms with E-state index < -0.39 is 17.3 Å². The van der Waals surface area contributed by atoms with E-state index in [-0.39, 0.29) is 29.5 Å². The molecule has 3 rings (SSSR count). The summed E-state index contributed by atoms with van der Waals surface area (Å²) in [7, 11) is 0. The van der Waals surface area contributed by atoms with Crippen molar-refractivity contribution >= 4 is 23.5 Å². The van der Waals surface area contributed by atoms with E-state index in [4.69, 9.17) is 0 Å². The van der Waals surface area contributed by atoms with Gasteiger partial charge in [0.05, 0.1) is 6.20 Å². The van der Waals surface area contributed by atoms with Crippen LogP contribution in [0.4, 0.5) is 0 Å². The Balaban J connectivity index is 2.17. The van der Waals surface area contributed by atoms with Gasteiger partial charge in [0, 0.05) is 29.8 Å². The standard InChI is InChI=1S/C21H29N5O4/c1-11(2)10-25-19-14(8-13(5)17(27)23-12(3)4)9-22-26(19)21(30)16(20(25)29)18(28)24-15-6-7-15/h8-9,11-12,15,29H,6-7,10H2,1-5H3,(H,23,27)(H,24,28). The number of hydrogen-bond donors (Lipinski definition) is 3. The topological polar surface area (TPSA) is 118 Å². The number of amides is 2. The van der Waals surface area contributed by atoms with E-state index in [9.17, 15) is 19.5 Å². The fourth-order valence-corrected chi connectivity index (χ4v) is 3.21. The first-order valence-corrected chi connectivity index (χ1v) is 10.2. The number of aromatic hydroxyl groups is 1. The largest absolute Gasteiger partial charge is 0.494 e. The van der Waals surface area contributed by atoms with Crippen LogP contribution in [-0.2, 0) is 11.3 Å². The molecule has 0 saturated heterocycles. The zero-order chi connectivity index (χ0) is 22.2. The number of carbonyl (C=O) groups is 2. The number of nitrogens with one attached hydrogen (secondary N) is 2. The van der Waals surface area contributed by atoms with E-state index in [2.05, 4.69) is 15.7 Å². The Hall–Kier alpha value is -3.10. The molecular formula is C21H29N5O4. The summed E-state index contributed by atoms with van der Waals surface area (Å²) in [5.74, 6) is -1.09. The Bertz CT molecular complexity index is 1070. The predicted octanol–water partition coefficient (Wildman–Crippen LogP) is 1.68. The van der Waals surface area contributed by atoms with Gasteiger partial charge >= 0.3 is 0 Å². The lowest BCUT2D eigenvalue weighted by molar-refractivity contribution is -0.117. The number of nitrogens with zero attached hydrogens (tertiary/aromatic N) is 3. The average Bonchev–Trinajstić information content (AvgIpc) is 3.35. The molecule has 0 aliphatic heterocycles. The van der Waals surface area contributed by atoms with Crippen LogP contribution in [0, 0.1) is 5.92 Å². The van der Waals surface area contributed by atoms with Crippen molar-refractivity contribution < 1.29 is 14.7 Å². The Morgan fingerprint density at radius 1 is 1.30 bits per heavy atom. The van der Waals surface area contributed by atoms with E-state index in [1.54, 1.807) is 13.0 Å². The summed E-state index contributed by atoms with van der Waals surface area (Å²) in [6.07, 6.45) is 4.81. The van der Waals surface area contributed by atoms with Crippen LogP contribution >= 0.6 is 0 Å². The van der Waals surface area contributed by atoms with Crippen molar-refractivity contribution in [2.45, 2.75) is 66.1 Å². The molecule has 0 bridgehead atoms. The maximum absolute atomic E-state index is 13.0. The van der Waals surface area contributed by atoms with Gasteiger partial charge in [0.25, 0.3) is 11.5 Å². The van der Waals surface area contributed by atoms with Crippen LogP contribution in [0.15, 0.2) is 16.6 Å². The summed E-state index contributed by atoms with van der Waals surface area (Å²) in [6.45, 7) is 9.70. The maximum Gasteiger partial charge on any atom is 0.291 e. The first-order chi connectivity index (χ1) is 14.1. The fourth-order valence-electron chi connectivity index (χ4n) is 3.21. The second-order valence-corrected chi connectivity index (χ2v) is 8.55. The van der Waals surface area contributed by atoms with Crippen molar-refractivity contribution in [1.29, 1.82) is 0 Å². The molecule has 2 aromatic heterocycles. The van der Waals surface area contributed by atoms with Crippen LogP contribution in [0.2, 0.25) is 0 Å². The lowest BCUT2D eigenvalue weighted by Gasteiger charge is -2.17. The molecule has 0 aromatic carbocycles. The van der Waals surface area contributed by atoms with Crippen LogP contribution in [-0.4, -0.2) is 43.2 Å². The third kappa shape index (κ3) is 4.39. The molecule has 0 radical (unpaired) electrons. The van der Waals surface area contributed by atoms with E-state index in [1.165, 1.54) is 10.8 Å². The zero-order valence-corrected chi connectivity index (χ0v) is 18.0. The molecule has 9 heteroatoms. The van der Waals surface area contributed by atoms with Crippen LogP contribution in [0.1, 0.15) is 63.4 Å². The second-order valence-electron chi connectivity index (χ2n) is 8.55. The molecule has 9 nitrogen and oxygen atoms in total. The summed E-state index contributed by atoms with van der Waals surface area (Å²) in [5, 5.41) is 20.6. The van der Waals surface area contributed by atoms with Gasteiger partial charge in [-0.25, -0.2) is 0 Å². The summed E-state index contributed by atoms with van der Waals surface area (Å²) in [6, 6.07) is 0.0317. The molecule has 3 N–H and O–H groups in total. The number of fused-ring (bicyclic) bond motifs is 1. The Morgan fingerprint density at radius 3 is 2.53 bits per heavy atom. The molecule has 1 aliphatic rings. The van der Waals surface area contributed by atoms with Crippen molar-refractivity contribution in [3.8, 4) is 5.88 Å². The van der Waals surface area contributed by atoms with E-state index in [0.29, 0.717) is 23.3 Å². The summed E-state index contributed by atoms with van der Waals surface area (Å²) in [4.78, 5) is 37.9. The molecule has 30 heavy (non-hydrogen) atoms. The van der Waals surface area contributed by atoms with E-state index >= 15 is 0 Å². The minimum absolute atomic E-state index is 0.0135. The molecule has 1 fully saturated rings. The number of hydrogen-bond acceptors (Lipinski definition) is 5. The van der Waals surface area contributed by atoms with Crippen molar-refractivity contribution in [3.63, 3.8) is 0 Å². The van der Waals surface area contributed by atoms with Crippen molar-refractivity contribution in [1.82, 2.24) is 24.8 Å².